The lowest BCUT2D eigenvalue weighted by molar-refractivity contribution is -0.133. The molecule has 0 bridgehead atoms. The highest BCUT2D eigenvalue weighted by Crippen LogP contribution is 2.34. The number of rotatable bonds is 9. The van der Waals surface area contributed by atoms with Crippen LogP contribution in [0.1, 0.15) is 33.9 Å². The van der Waals surface area contributed by atoms with Gasteiger partial charge in [-0.05, 0) is 48.0 Å². The summed E-state index contributed by atoms with van der Waals surface area (Å²) in [4.78, 5) is 31.2. The van der Waals surface area contributed by atoms with Gasteiger partial charge < -0.3 is 14.4 Å². The van der Waals surface area contributed by atoms with Crippen LogP contribution >= 0.6 is 0 Å². The Kier molecular flexibility index (Phi) is 9.01. The number of amides is 2. The highest BCUT2D eigenvalue weighted by atomic mass is 19.1. The summed E-state index contributed by atoms with van der Waals surface area (Å²) in [6.45, 7) is 3.34. The van der Waals surface area contributed by atoms with Gasteiger partial charge in [0.1, 0.15) is 23.9 Å². The predicted molar refractivity (Wildman–Crippen MR) is 150 cm³/mol. The third-order valence-corrected chi connectivity index (χ3v) is 7.35. The first-order valence-electron chi connectivity index (χ1n) is 13.6. The Bertz CT molecular complexity index is 1390. The maximum Gasteiger partial charge on any atom is 0.262 e. The highest BCUT2D eigenvalue weighted by Gasteiger charge is 2.36. The average Bonchev–Trinajstić information content (AvgIpc) is 3.45. The summed E-state index contributed by atoms with van der Waals surface area (Å²) in [6, 6.07) is 18.1. The molecule has 1 atom stereocenters. The van der Waals surface area contributed by atoms with Crippen molar-refractivity contribution in [3.05, 3.63) is 101 Å². The second-order valence-electron chi connectivity index (χ2n) is 9.94. The summed E-state index contributed by atoms with van der Waals surface area (Å²) in [5, 5.41) is 5.84. The van der Waals surface area contributed by atoms with Crippen LogP contribution in [0.2, 0.25) is 0 Å². The van der Waals surface area contributed by atoms with Crippen LogP contribution in [0, 0.1) is 11.6 Å². The third kappa shape index (κ3) is 6.78. The van der Waals surface area contributed by atoms with Crippen LogP contribution < -0.4 is 4.74 Å². The van der Waals surface area contributed by atoms with Crippen molar-refractivity contribution in [2.75, 3.05) is 53.0 Å². The minimum Gasteiger partial charge on any atom is -0.497 e. The smallest absolute Gasteiger partial charge is 0.262 e. The molecule has 5 rings (SSSR count). The Labute approximate surface area is 237 Å². The molecule has 10 heteroatoms. The fourth-order valence-corrected chi connectivity index (χ4v) is 5.04. The number of halogens is 2. The topological polar surface area (TPSA) is 74.7 Å². The van der Waals surface area contributed by atoms with Crippen molar-refractivity contribution < 1.29 is 27.8 Å². The maximum atomic E-state index is 14.9. The van der Waals surface area contributed by atoms with E-state index in [4.69, 9.17) is 9.47 Å². The first kappa shape index (κ1) is 28.4. The monoisotopic (exact) mass is 562 g/mol. The number of ether oxygens (including phenoxy) is 2. The van der Waals surface area contributed by atoms with E-state index < -0.39 is 17.8 Å². The largest absolute Gasteiger partial charge is 0.497 e. The van der Waals surface area contributed by atoms with Crippen molar-refractivity contribution in [2.45, 2.75) is 12.5 Å². The number of carbonyl (C=O) groups is 2. The van der Waals surface area contributed by atoms with Crippen LogP contribution in [0.4, 0.5) is 8.78 Å². The normalized spacial score (nSPS) is 17.3. The van der Waals surface area contributed by atoms with E-state index in [-0.39, 0.29) is 24.7 Å². The van der Waals surface area contributed by atoms with E-state index in [1.54, 1.807) is 61.7 Å². The highest BCUT2D eigenvalue weighted by molar-refractivity contribution is 6.03. The summed E-state index contributed by atoms with van der Waals surface area (Å²) < 4.78 is 39.2. The molecule has 214 valence electrons. The van der Waals surface area contributed by atoms with E-state index in [0.29, 0.717) is 54.5 Å². The third-order valence-electron chi connectivity index (χ3n) is 7.35. The molecule has 8 nitrogen and oxygen atoms in total. The second-order valence-corrected chi connectivity index (χ2v) is 9.94. The summed E-state index contributed by atoms with van der Waals surface area (Å²) >= 11 is 0. The molecule has 2 heterocycles. The van der Waals surface area contributed by atoms with E-state index in [1.165, 1.54) is 28.1 Å². The molecule has 0 N–H and O–H groups in total. The van der Waals surface area contributed by atoms with Crippen LogP contribution in [0.3, 0.4) is 0 Å². The van der Waals surface area contributed by atoms with Gasteiger partial charge in [0.05, 0.1) is 32.1 Å². The van der Waals surface area contributed by atoms with Gasteiger partial charge in [-0.1, -0.05) is 30.3 Å². The zero-order valence-corrected chi connectivity index (χ0v) is 22.8. The fourth-order valence-electron chi connectivity index (χ4n) is 5.04. The van der Waals surface area contributed by atoms with Crippen molar-refractivity contribution in [1.82, 2.24) is 14.8 Å². The zero-order chi connectivity index (χ0) is 28.8. The van der Waals surface area contributed by atoms with Gasteiger partial charge in [-0.15, -0.1) is 0 Å². The Balaban J connectivity index is 1.41. The molecule has 1 saturated heterocycles. The van der Waals surface area contributed by atoms with Gasteiger partial charge >= 0.3 is 0 Å². The van der Waals surface area contributed by atoms with Crippen LogP contribution in [0.5, 0.6) is 5.75 Å². The first-order valence-corrected chi connectivity index (χ1v) is 13.6. The number of hydrogen-bond acceptors (Lipinski definition) is 6. The number of nitrogens with zero attached hydrogens (tertiary/aromatic N) is 4. The van der Waals surface area contributed by atoms with Crippen LogP contribution in [-0.4, -0.2) is 85.4 Å². The Morgan fingerprint density at radius 2 is 1.71 bits per heavy atom. The van der Waals surface area contributed by atoms with E-state index >= 15 is 0 Å². The van der Waals surface area contributed by atoms with Gasteiger partial charge in [0.2, 0.25) is 0 Å². The number of methoxy groups -OCH3 is 1. The van der Waals surface area contributed by atoms with Crippen molar-refractivity contribution in [3.63, 3.8) is 0 Å². The number of hydrogen-bond donors (Lipinski definition) is 0. The quantitative estimate of drug-likeness (QED) is 0.392. The van der Waals surface area contributed by atoms with E-state index in [9.17, 15) is 18.4 Å². The lowest BCUT2D eigenvalue weighted by atomic mass is 9.98. The van der Waals surface area contributed by atoms with Crippen LogP contribution in [-0.2, 0) is 9.53 Å². The SMILES string of the molecule is COc1ccc(C(=O)N(CCN2CCOCC2)CC(=O)N2N=C(c3ccc(F)cc3)C[C@@H]2c2ccccc2F)cc1. The fraction of sp³-hybridized carbons (Fsp3) is 0.323. The number of carbonyl (C=O) groups excluding carboxylic acids is 2. The Hall–Kier alpha value is -4.15. The summed E-state index contributed by atoms with van der Waals surface area (Å²) in [7, 11) is 1.55. The van der Waals surface area contributed by atoms with Crippen molar-refractivity contribution >= 4 is 17.5 Å². The molecule has 3 aromatic carbocycles. The standard InChI is InChI=1S/C31H32F2N4O4/c1-40-25-12-8-23(9-13-25)31(39)36(15-14-35-16-18-41-19-17-35)21-30(38)37-29(26-4-2-3-5-27(26)33)20-28(34-37)22-6-10-24(32)11-7-22/h2-13,29H,14-21H2,1H3/t29-/m1/s1. The molecule has 0 aliphatic carbocycles. The first-order chi connectivity index (χ1) is 19.9. The lowest BCUT2D eigenvalue weighted by Gasteiger charge is -2.31. The minimum absolute atomic E-state index is 0.249. The van der Waals surface area contributed by atoms with E-state index in [1.807, 2.05) is 0 Å². The van der Waals surface area contributed by atoms with Crippen LogP contribution in [0.15, 0.2) is 77.9 Å². The van der Waals surface area contributed by atoms with Crippen molar-refractivity contribution in [1.29, 1.82) is 0 Å². The van der Waals surface area contributed by atoms with E-state index in [0.717, 1.165) is 13.1 Å². The van der Waals surface area contributed by atoms with Gasteiger partial charge in [0.15, 0.2) is 0 Å². The van der Waals surface area contributed by atoms with Gasteiger partial charge in [-0.3, -0.25) is 14.5 Å². The molecule has 0 spiro atoms. The molecule has 41 heavy (non-hydrogen) atoms. The number of benzene rings is 3. The van der Waals surface area contributed by atoms with Gasteiger partial charge in [-0.25, -0.2) is 13.8 Å². The summed E-state index contributed by atoms with van der Waals surface area (Å²) in [6.07, 6.45) is 0.249. The minimum atomic E-state index is -0.707. The molecule has 0 aromatic heterocycles. The number of hydrazone groups is 1. The number of morpholine rings is 1. The van der Waals surface area contributed by atoms with E-state index in [2.05, 4.69) is 10.0 Å². The molecular formula is C31H32F2N4O4. The van der Waals surface area contributed by atoms with Crippen LogP contribution in [0.25, 0.3) is 0 Å². The second kappa shape index (κ2) is 13.0. The Morgan fingerprint density at radius 1 is 1.00 bits per heavy atom. The average molecular weight is 563 g/mol. The summed E-state index contributed by atoms with van der Waals surface area (Å²) in [5.41, 5.74) is 1.92. The molecule has 2 aliphatic rings. The zero-order valence-electron chi connectivity index (χ0n) is 22.8. The molecule has 0 saturated carbocycles. The summed E-state index contributed by atoms with van der Waals surface area (Å²) in [5.74, 6) is -0.981. The maximum absolute atomic E-state index is 14.9. The molecule has 1 fully saturated rings. The molecule has 0 unspecified atom stereocenters. The van der Waals surface area contributed by atoms with Gasteiger partial charge in [0, 0.05) is 43.7 Å². The lowest BCUT2D eigenvalue weighted by Crippen LogP contribution is -2.46. The molecule has 3 aromatic rings. The molecule has 2 amide bonds. The van der Waals surface area contributed by atoms with Crippen molar-refractivity contribution in [3.8, 4) is 5.75 Å². The van der Waals surface area contributed by atoms with Crippen molar-refractivity contribution in [2.24, 2.45) is 5.10 Å². The van der Waals surface area contributed by atoms with Gasteiger partial charge in [-0.2, -0.15) is 5.10 Å². The molecule has 0 radical (unpaired) electrons. The van der Waals surface area contributed by atoms with Gasteiger partial charge in [0.25, 0.3) is 11.8 Å². The molecule has 2 aliphatic heterocycles. The molecular weight excluding hydrogens is 530 g/mol. The Morgan fingerprint density at radius 3 is 2.39 bits per heavy atom. The predicted octanol–water partition coefficient (Wildman–Crippen LogP) is 4.13.